The van der Waals surface area contributed by atoms with E-state index in [4.69, 9.17) is 9.84 Å². The summed E-state index contributed by atoms with van der Waals surface area (Å²) < 4.78 is 5.60. The van der Waals surface area contributed by atoms with Crippen molar-refractivity contribution in [2.45, 2.75) is 45.6 Å². The van der Waals surface area contributed by atoms with E-state index in [0.29, 0.717) is 6.54 Å². The minimum absolute atomic E-state index is 0.00789. The van der Waals surface area contributed by atoms with Crippen LogP contribution >= 0.6 is 0 Å². The first kappa shape index (κ1) is 17.0. The monoisotopic (exact) mass is 293 g/mol. The van der Waals surface area contributed by atoms with Crippen LogP contribution in [0.25, 0.3) is 0 Å². The molecule has 5 heteroatoms. The number of unbranched alkanes of at least 4 members (excludes halogenated alkanes) is 2. The molecule has 2 N–H and O–H groups in total. The van der Waals surface area contributed by atoms with Crippen LogP contribution in [0, 0.1) is 0 Å². The molecule has 0 atom stereocenters. The molecule has 0 spiro atoms. The summed E-state index contributed by atoms with van der Waals surface area (Å²) in [6.45, 7) is 3.27. The zero-order chi connectivity index (χ0) is 15.5. The lowest BCUT2D eigenvalue weighted by Crippen LogP contribution is -2.23. The van der Waals surface area contributed by atoms with E-state index in [9.17, 15) is 9.59 Å². The number of nitrogens with one attached hydrogen (secondary N) is 1. The lowest BCUT2D eigenvalue weighted by Gasteiger charge is -2.08. The van der Waals surface area contributed by atoms with Gasteiger partial charge in [-0.15, -0.1) is 0 Å². The molecule has 0 fully saturated rings. The summed E-state index contributed by atoms with van der Waals surface area (Å²) in [7, 11) is 0. The van der Waals surface area contributed by atoms with Crippen LogP contribution in [-0.4, -0.2) is 23.6 Å². The smallest absolute Gasteiger partial charge is 0.303 e. The van der Waals surface area contributed by atoms with Crippen molar-refractivity contribution in [1.29, 1.82) is 0 Å². The van der Waals surface area contributed by atoms with Gasteiger partial charge in [0.1, 0.15) is 5.75 Å². The third-order valence-electron chi connectivity index (χ3n) is 3.00. The quantitative estimate of drug-likeness (QED) is 0.650. The lowest BCUT2D eigenvalue weighted by molar-refractivity contribution is -0.138. The van der Waals surface area contributed by atoms with Gasteiger partial charge in [0.25, 0.3) is 0 Å². The molecule has 0 aliphatic carbocycles. The minimum atomic E-state index is -0.963. The lowest BCUT2D eigenvalue weighted by atomic mass is 10.2. The van der Waals surface area contributed by atoms with Crippen LogP contribution < -0.4 is 10.1 Å². The van der Waals surface area contributed by atoms with Gasteiger partial charge in [0.15, 0.2) is 0 Å². The van der Waals surface area contributed by atoms with Crippen molar-refractivity contribution in [2.75, 3.05) is 6.61 Å². The van der Waals surface area contributed by atoms with E-state index >= 15 is 0 Å². The summed E-state index contributed by atoms with van der Waals surface area (Å²) in [5.41, 5.74) is 0.958. The number of ether oxygens (including phenoxy) is 1. The van der Waals surface area contributed by atoms with Crippen LogP contribution in [0.15, 0.2) is 24.3 Å². The van der Waals surface area contributed by atoms with Gasteiger partial charge in [-0.2, -0.15) is 0 Å². The predicted molar refractivity (Wildman–Crippen MR) is 80.2 cm³/mol. The Labute approximate surface area is 125 Å². The Bertz CT molecular complexity index is 442. The van der Waals surface area contributed by atoms with Crippen LogP contribution in [0.3, 0.4) is 0 Å². The number of aliphatic carboxylic acids is 1. The Hall–Kier alpha value is -2.04. The molecule has 21 heavy (non-hydrogen) atoms. The van der Waals surface area contributed by atoms with Crippen molar-refractivity contribution < 1.29 is 19.4 Å². The molecule has 0 heterocycles. The maximum atomic E-state index is 11.4. The third kappa shape index (κ3) is 7.97. The molecule has 0 saturated heterocycles. The molecule has 0 unspecified atom stereocenters. The first-order valence-corrected chi connectivity index (χ1v) is 7.32. The zero-order valence-corrected chi connectivity index (χ0v) is 12.4. The molecule has 0 aliphatic rings. The van der Waals surface area contributed by atoms with Gasteiger partial charge in [-0.1, -0.05) is 31.9 Å². The van der Waals surface area contributed by atoms with E-state index in [-0.39, 0.29) is 18.7 Å². The molecule has 116 valence electrons. The maximum Gasteiger partial charge on any atom is 0.303 e. The van der Waals surface area contributed by atoms with Crippen molar-refractivity contribution in [2.24, 2.45) is 0 Å². The normalized spacial score (nSPS) is 10.1. The van der Waals surface area contributed by atoms with Crippen LogP contribution in [-0.2, 0) is 16.1 Å². The van der Waals surface area contributed by atoms with Gasteiger partial charge < -0.3 is 15.2 Å². The molecular weight excluding hydrogens is 270 g/mol. The fourth-order valence-corrected chi connectivity index (χ4v) is 1.76. The second-order valence-corrected chi connectivity index (χ2v) is 4.87. The van der Waals surface area contributed by atoms with Crippen LogP contribution in [0.4, 0.5) is 0 Å². The molecule has 5 nitrogen and oxygen atoms in total. The van der Waals surface area contributed by atoms with Crippen LogP contribution in [0.1, 0.15) is 44.6 Å². The first-order chi connectivity index (χ1) is 10.1. The van der Waals surface area contributed by atoms with Crippen molar-refractivity contribution >= 4 is 11.9 Å². The van der Waals surface area contributed by atoms with Gasteiger partial charge in [0.05, 0.1) is 13.0 Å². The van der Waals surface area contributed by atoms with E-state index in [1.54, 1.807) is 0 Å². The number of carboxylic acid groups (broad SMARTS) is 1. The van der Waals surface area contributed by atoms with Gasteiger partial charge >= 0.3 is 5.97 Å². The Morgan fingerprint density at radius 2 is 1.86 bits per heavy atom. The fraction of sp³-hybridized carbons (Fsp3) is 0.500. The van der Waals surface area contributed by atoms with Gasteiger partial charge in [0.2, 0.25) is 5.91 Å². The highest BCUT2D eigenvalue weighted by Crippen LogP contribution is 2.12. The molecular formula is C16H23NO4. The highest BCUT2D eigenvalue weighted by atomic mass is 16.5. The minimum Gasteiger partial charge on any atom is -0.494 e. The van der Waals surface area contributed by atoms with Crippen molar-refractivity contribution in [3.8, 4) is 5.75 Å². The second kappa shape index (κ2) is 9.80. The fourth-order valence-electron chi connectivity index (χ4n) is 1.76. The topological polar surface area (TPSA) is 75.6 Å². The molecule has 0 saturated carbocycles. The van der Waals surface area contributed by atoms with E-state index in [1.165, 1.54) is 12.8 Å². The molecule has 1 rings (SSSR count). The Kier molecular flexibility index (Phi) is 7.94. The van der Waals surface area contributed by atoms with Gasteiger partial charge in [-0.25, -0.2) is 0 Å². The third-order valence-corrected chi connectivity index (χ3v) is 3.00. The van der Waals surface area contributed by atoms with Crippen LogP contribution in [0.2, 0.25) is 0 Å². The van der Waals surface area contributed by atoms with Crippen LogP contribution in [0.5, 0.6) is 5.75 Å². The Morgan fingerprint density at radius 3 is 2.48 bits per heavy atom. The molecule has 1 aromatic carbocycles. The number of amides is 1. The summed E-state index contributed by atoms with van der Waals surface area (Å²) in [5.74, 6) is -0.390. The SMILES string of the molecule is CCCCCOc1ccc(CNC(=O)CCC(=O)O)cc1. The molecule has 0 bridgehead atoms. The largest absolute Gasteiger partial charge is 0.494 e. The second-order valence-electron chi connectivity index (χ2n) is 4.87. The van der Waals surface area contributed by atoms with Gasteiger partial charge in [-0.3, -0.25) is 9.59 Å². The highest BCUT2D eigenvalue weighted by Gasteiger charge is 2.05. The molecule has 1 aromatic rings. The van der Waals surface area contributed by atoms with E-state index < -0.39 is 5.97 Å². The molecule has 1 amide bonds. The van der Waals surface area contributed by atoms with Crippen molar-refractivity contribution in [3.63, 3.8) is 0 Å². The highest BCUT2D eigenvalue weighted by molar-refractivity contribution is 5.80. The van der Waals surface area contributed by atoms with E-state index in [2.05, 4.69) is 12.2 Å². The number of carbonyl (C=O) groups is 2. The average molecular weight is 293 g/mol. The summed E-state index contributed by atoms with van der Waals surface area (Å²) in [4.78, 5) is 21.7. The predicted octanol–water partition coefficient (Wildman–Crippen LogP) is 2.74. The van der Waals surface area contributed by atoms with Gasteiger partial charge in [0, 0.05) is 13.0 Å². The number of rotatable bonds is 10. The summed E-state index contributed by atoms with van der Waals surface area (Å²) in [6, 6.07) is 7.55. The van der Waals surface area contributed by atoms with Crippen molar-refractivity contribution in [1.82, 2.24) is 5.32 Å². The Balaban J connectivity index is 2.27. The number of carbonyl (C=O) groups excluding carboxylic acids is 1. The number of carboxylic acids is 1. The molecule has 0 aromatic heterocycles. The molecule has 0 aliphatic heterocycles. The average Bonchev–Trinajstić information content (AvgIpc) is 2.48. The zero-order valence-electron chi connectivity index (χ0n) is 12.4. The molecule has 0 radical (unpaired) electrons. The summed E-state index contributed by atoms with van der Waals surface area (Å²) >= 11 is 0. The van der Waals surface area contributed by atoms with Gasteiger partial charge in [-0.05, 0) is 24.1 Å². The van der Waals surface area contributed by atoms with Crippen molar-refractivity contribution in [3.05, 3.63) is 29.8 Å². The van der Waals surface area contributed by atoms with E-state index in [0.717, 1.165) is 24.3 Å². The first-order valence-electron chi connectivity index (χ1n) is 7.32. The maximum absolute atomic E-state index is 11.4. The number of benzene rings is 1. The summed E-state index contributed by atoms with van der Waals surface area (Å²) in [5, 5.41) is 11.2. The standard InChI is InChI=1S/C16H23NO4/c1-2-3-4-11-21-14-7-5-13(6-8-14)12-17-15(18)9-10-16(19)20/h5-8H,2-4,9-12H2,1H3,(H,17,18)(H,19,20). The summed E-state index contributed by atoms with van der Waals surface area (Å²) in [6.07, 6.45) is 3.26. The van der Waals surface area contributed by atoms with E-state index in [1.807, 2.05) is 24.3 Å². The Morgan fingerprint density at radius 1 is 1.14 bits per heavy atom. The number of hydrogen-bond donors (Lipinski definition) is 2. The number of hydrogen-bond acceptors (Lipinski definition) is 3.